The Morgan fingerprint density at radius 3 is 2.25 bits per heavy atom. The Balaban J connectivity index is 1.51. The smallest absolute Gasteiger partial charge is 0.338 e. The molecule has 0 spiro atoms. The van der Waals surface area contributed by atoms with Crippen molar-refractivity contribution in [3.63, 3.8) is 0 Å². The molecule has 1 aromatic carbocycles. The standard InChI is InChI=1S/C22H25NO5/c1-22(2,3)16(24)11-28-21(27)14-5-4-6-15(10-14)23-19(25)17-12-7-8-13(9-12)18(17)20(23)26/h4-6,10,12-13,17-18H,7-9,11H2,1-3H3/t12-,13+,17-,18-/m0/s1. The Labute approximate surface area is 164 Å². The lowest BCUT2D eigenvalue weighted by molar-refractivity contribution is -0.129. The first-order chi connectivity index (χ1) is 13.2. The molecule has 28 heavy (non-hydrogen) atoms. The molecule has 0 radical (unpaired) electrons. The van der Waals surface area contributed by atoms with E-state index in [1.807, 2.05) is 0 Å². The van der Waals surface area contributed by atoms with Gasteiger partial charge in [0.1, 0.15) is 0 Å². The number of fused-ring (bicyclic) bond motifs is 5. The average molecular weight is 383 g/mol. The Hall–Kier alpha value is -2.50. The minimum Gasteiger partial charge on any atom is -0.454 e. The van der Waals surface area contributed by atoms with Gasteiger partial charge < -0.3 is 4.74 Å². The number of carbonyl (C=O) groups is 4. The number of Topliss-reactive ketones (excluding diaryl/α,β-unsaturated/α-hetero) is 1. The number of carbonyl (C=O) groups excluding carboxylic acids is 4. The molecule has 2 amide bonds. The Bertz CT molecular complexity index is 840. The summed E-state index contributed by atoms with van der Waals surface area (Å²) in [7, 11) is 0. The molecule has 1 heterocycles. The fourth-order valence-electron chi connectivity index (χ4n) is 4.87. The predicted octanol–water partition coefficient (Wildman–Crippen LogP) is 2.99. The summed E-state index contributed by atoms with van der Waals surface area (Å²) < 4.78 is 5.13. The monoisotopic (exact) mass is 383 g/mol. The summed E-state index contributed by atoms with van der Waals surface area (Å²) in [6, 6.07) is 6.35. The number of imide groups is 1. The van der Waals surface area contributed by atoms with Crippen LogP contribution in [0.3, 0.4) is 0 Å². The van der Waals surface area contributed by atoms with Crippen LogP contribution in [0.1, 0.15) is 50.4 Å². The van der Waals surface area contributed by atoms with Gasteiger partial charge in [0.25, 0.3) is 0 Å². The van der Waals surface area contributed by atoms with E-state index in [0.717, 1.165) is 19.3 Å². The number of benzene rings is 1. The predicted molar refractivity (Wildman–Crippen MR) is 101 cm³/mol. The van der Waals surface area contributed by atoms with Crippen LogP contribution in [0.25, 0.3) is 0 Å². The number of nitrogens with zero attached hydrogens (tertiary/aromatic N) is 1. The Morgan fingerprint density at radius 2 is 1.68 bits per heavy atom. The zero-order valence-electron chi connectivity index (χ0n) is 16.4. The maximum Gasteiger partial charge on any atom is 0.338 e. The minimum atomic E-state index is -0.640. The molecule has 6 heteroatoms. The van der Waals surface area contributed by atoms with E-state index in [0.29, 0.717) is 17.5 Å². The van der Waals surface area contributed by atoms with Gasteiger partial charge in [-0.15, -0.1) is 0 Å². The molecule has 1 aliphatic heterocycles. The van der Waals surface area contributed by atoms with Gasteiger partial charge in [-0.2, -0.15) is 0 Å². The maximum atomic E-state index is 12.9. The number of hydrogen-bond donors (Lipinski definition) is 0. The minimum absolute atomic E-state index is 0.143. The van der Waals surface area contributed by atoms with E-state index < -0.39 is 11.4 Å². The largest absolute Gasteiger partial charge is 0.454 e. The highest BCUT2D eigenvalue weighted by molar-refractivity contribution is 6.22. The molecule has 0 unspecified atom stereocenters. The lowest BCUT2D eigenvalue weighted by Gasteiger charge is -2.19. The van der Waals surface area contributed by atoms with E-state index >= 15 is 0 Å². The number of ether oxygens (including phenoxy) is 1. The Kier molecular flexibility index (Phi) is 4.40. The topological polar surface area (TPSA) is 80.8 Å². The number of rotatable bonds is 4. The zero-order valence-corrected chi connectivity index (χ0v) is 16.4. The van der Waals surface area contributed by atoms with Crippen LogP contribution in [0.15, 0.2) is 24.3 Å². The number of anilines is 1. The van der Waals surface area contributed by atoms with Gasteiger partial charge in [0.05, 0.1) is 23.1 Å². The van der Waals surface area contributed by atoms with E-state index in [4.69, 9.17) is 4.74 Å². The highest BCUT2D eigenvalue weighted by Crippen LogP contribution is 2.56. The van der Waals surface area contributed by atoms with Crippen LogP contribution >= 0.6 is 0 Å². The highest BCUT2D eigenvalue weighted by Gasteiger charge is 2.61. The third kappa shape index (κ3) is 2.95. The third-order valence-corrected chi connectivity index (χ3v) is 6.44. The average Bonchev–Trinajstić information content (AvgIpc) is 3.32. The van der Waals surface area contributed by atoms with Crippen molar-refractivity contribution in [3.05, 3.63) is 29.8 Å². The van der Waals surface area contributed by atoms with Crippen molar-refractivity contribution in [1.82, 2.24) is 0 Å². The van der Waals surface area contributed by atoms with Crippen LogP contribution in [0.4, 0.5) is 5.69 Å². The number of amides is 2. The third-order valence-electron chi connectivity index (χ3n) is 6.44. The number of esters is 1. The van der Waals surface area contributed by atoms with Crippen LogP contribution in [-0.4, -0.2) is 30.2 Å². The molecule has 1 aromatic rings. The molecule has 0 aromatic heterocycles. The van der Waals surface area contributed by atoms with Gasteiger partial charge in [-0.25, -0.2) is 4.79 Å². The van der Waals surface area contributed by atoms with Gasteiger partial charge in [0.15, 0.2) is 12.4 Å². The van der Waals surface area contributed by atoms with Crippen molar-refractivity contribution < 1.29 is 23.9 Å². The molecular weight excluding hydrogens is 358 g/mol. The zero-order chi connectivity index (χ0) is 20.2. The summed E-state index contributed by atoms with van der Waals surface area (Å²) in [4.78, 5) is 51.4. The van der Waals surface area contributed by atoms with Gasteiger partial charge in [-0.1, -0.05) is 26.8 Å². The molecule has 2 aliphatic carbocycles. The first kappa shape index (κ1) is 18.8. The first-order valence-corrected chi connectivity index (χ1v) is 9.87. The van der Waals surface area contributed by atoms with Crippen molar-refractivity contribution in [2.24, 2.45) is 29.1 Å². The van der Waals surface area contributed by atoms with Crippen molar-refractivity contribution in [1.29, 1.82) is 0 Å². The van der Waals surface area contributed by atoms with Crippen molar-refractivity contribution >= 4 is 29.3 Å². The van der Waals surface area contributed by atoms with Gasteiger partial charge in [0.2, 0.25) is 11.8 Å². The van der Waals surface area contributed by atoms with Gasteiger partial charge in [-0.05, 0) is 49.3 Å². The lowest BCUT2D eigenvalue weighted by atomic mass is 9.81. The second-order valence-electron chi connectivity index (χ2n) is 9.20. The molecule has 3 fully saturated rings. The van der Waals surface area contributed by atoms with E-state index in [1.54, 1.807) is 39.0 Å². The van der Waals surface area contributed by atoms with Crippen LogP contribution in [-0.2, 0) is 19.1 Å². The summed E-state index contributed by atoms with van der Waals surface area (Å²) in [5.74, 6) is -0.881. The van der Waals surface area contributed by atoms with Gasteiger partial charge in [0, 0.05) is 5.41 Å². The van der Waals surface area contributed by atoms with Gasteiger partial charge >= 0.3 is 5.97 Å². The molecule has 1 saturated heterocycles. The fraction of sp³-hybridized carbons (Fsp3) is 0.545. The van der Waals surface area contributed by atoms with E-state index in [1.165, 1.54) is 11.0 Å². The summed E-state index contributed by atoms with van der Waals surface area (Å²) in [6.07, 6.45) is 3.02. The van der Waals surface area contributed by atoms with Gasteiger partial charge in [-0.3, -0.25) is 19.3 Å². The summed E-state index contributed by atoms with van der Waals surface area (Å²) in [6.45, 7) is 4.98. The number of hydrogen-bond acceptors (Lipinski definition) is 5. The van der Waals surface area contributed by atoms with E-state index in [2.05, 4.69) is 0 Å². The highest BCUT2D eigenvalue weighted by atomic mass is 16.5. The first-order valence-electron chi connectivity index (χ1n) is 9.87. The lowest BCUT2D eigenvalue weighted by Crippen LogP contribution is -2.33. The molecular formula is C22H25NO5. The molecule has 6 nitrogen and oxygen atoms in total. The summed E-state index contributed by atoms with van der Waals surface area (Å²) >= 11 is 0. The van der Waals surface area contributed by atoms with Crippen LogP contribution in [0, 0.1) is 29.1 Å². The van der Waals surface area contributed by atoms with Crippen LogP contribution in [0.2, 0.25) is 0 Å². The Morgan fingerprint density at radius 1 is 1.07 bits per heavy atom. The molecule has 4 atom stereocenters. The quantitative estimate of drug-likeness (QED) is 0.590. The molecule has 3 aliphatic rings. The van der Waals surface area contributed by atoms with Crippen molar-refractivity contribution in [3.8, 4) is 0 Å². The fourth-order valence-corrected chi connectivity index (χ4v) is 4.87. The molecule has 0 N–H and O–H groups in total. The molecule has 4 rings (SSSR count). The maximum absolute atomic E-state index is 12.9. The molecule has 2 bridgehead atoms. The number of ketones is 1. The van der Waals surface area contributed by atoms with Crippen molar-refractivity contribution in [2.45, 2.75) is 40.0 Å². The molecule has 148 valence electrons. The summed E-state index contributed by atoms with van der Waals surface area (Å²) in [5.41, 5.74) is 0.0356. The second kappa shape index (κ2) is 6.54. The van der Waals surface area contributed by atoms with Crippen LogP contribution in [0.5, 0.6) is 0 Å². The normalized spacial score (nSPS) is 28.6. The van der Waals surface area contributed by atoms with Crippen molar-refractivity contribution in [2.75, 3.05) is 11.5 Å². The van der Waals surface area contributed by atoms with E-state index in [9.17, 15) is 19.2 Å². The molecule has 2 saturated carbocycles. The van der Waals surface area contributed by atoms with E-state index in [-0.39, 0.29) is 41.6 Å². The summed E-state index contributed by atoms with van der Waals surface area (Å²) in [5, 5.41) is 0. The van der Waals surface area contributed by atoms with Crippen LogP contribution < -0.4 is 4.90 Å². The SMILES string of the molecule is CC(C)(C)C(=O)COC(=O)c1cccc(N2C(=O)[C@H]3[C@@H]4CC[C@@H](C4)[C@@H]3C2=O)c1. The second-order valence-corrected chi connectivity index (χ2v) is 9.20.